The maximum atomic E-state index is 11.7. The lowest BCUT2D eigenvalue weighted by Crippen LogP contribution is -2.34. The average Bonchev–Trinajstić information content (AvgIpc) is 2.54. The van der Waals surface area contributed by atoms with Crippen LogP contribution in [0.1, 0.15) is 13.8 Å². The summed E-state index contributed by atoms with van der Waals surface area (Å²) in [6, 6.07) is 9.03. The summed E-state index contributed by atoms with van der Waals surface area (Å²) in [7, 11) is 0. The number of nitrogens with one attached hydrogen (secondary N) is 2. The molecule has 0 aliphatic rings. The molecule has 0 bridgehead atoms. The zero-order valence-corrected chi connectivity index (χ0v) is 12.9. The van der Waals surface area contributed by atoms with E-state index < -0.39 is 0 Å². The number of amides is 1. The highest BCUT2D eigenvalue weighted by Gasteiger charge is 2.11. The summed E-state index contributed by atoms with van der Waals surface area (Å²) in [5, 5.41) is 0. The van der Waals surface area contributed by atoms with Gasteiger partial charge in [-0.25, -0.2) is 4.98 Å². The first-order valence-corrected chi connectivity index (χ1v) is 7.06. The number of aromatic nitrogens is 2. The molecular formula is C15H19N5O3. The van der Waals surface area contributed by atoms with E-state index in [9.17, 15) is 4.79 Å². The molecule has 0 aliphatic carbocycles. The predicted molar refractivity (Wildman–Crippen MR) is 85.9 cm³/mol. The number of hydrogen-bond donors (Lipinski definition) is 3. The number of hydrazine groups is 1. The van der Waals surface area contributed by atoms with Gasteiger partial charge < -0.3 is 15.2 Å². The molecule has 1 aromatic carbocycles. The van der Waals surface area contributed by atoms with Crippen LogP contribution in [-0.4, -0.2) is 28.6 Å². The normalized spacial score (nSPS) is 10.2. The number of rotatable bonds is 7. The van der Waals surface area contributed by atoms with Crippen molar-refractivity contribution >= 4 is 17.4 Å². The molecule has 1 amide bonds. The molecule has 122 valence electrons. The minimum atomic E-state index is -0.377. The summed E-state index contributed by atoms with van der Waals surface area (Å²) in [6.07, 6.45) is 1.22. The molecule has 0 fully saturated rings. The minimum Gasteiger partial charge on any atom is -0.484 e. The second-order valence-corrected chi connectivity index (χ2v) is 4.88. The van der Waals surface area contributed by atoms with Crippen molar-refractivity contribution < 1.29 is 14.3 Å². The average molecular weight is 317 g/mol. The highest BCUT2D eigenvalue weighted by atomic mass is 16.5. The monoisotopic (exact) mass is 317 g/mol. The number of ether oxygens (including phenoxy) is 2. The Balaban J connectivity index is 1.86. The van der Waals surface area contributed by atoms with Gasteiger partial charge in [-0.2, -0.15) is 4.98 Å². The molecule has 1 heterocycles. The Bertz CT molecular complexity index is 649. The van der Waals surface area contributed by atoms with Crippen LogP contribution in [0.2, 0.25) is 0 Å². The van der Waals surface area contributed by atoms with Gasteiger partial charge in [-0.05, 0) is 26.0 Å². The molecule has 2 aromatic rings. The van der Waals surface area contributed by atoms with Gasteiger partial charge in [0.2, 0.25) is 5.88 Å². The number of carbonyl (C=O) groups excluding carboxylic acids is 1. The Hall–Kier alpha value is -3.03. The number of hydrogen-bond acceptors (Lipinski definition) is 7. The zero-order valence-electron chi connectivity index (χ0n) is 12.9. The molecule has 1 aromatic heterocycles. The van der Waals surface area contributed by atoms with Crippen LogP contribution >= 0.6 is 0 Å². The fourth-order valence-electron chi connectivity index (χ4n) is 1.63. The van der Waals surface area contributed by atoms with Gasteiger partial charge in [0.15, 0.2) is 12.4 Å². The Kier molecular flexibility index (Phi) is 5.56. The lowest BCUT2D eigenvalue weighted by Gasteiger charge is -2.14. The van der Waals surface area contributed by atoms with E-state index in [1.807, 2.05) is 32.0 Å². The van der Waals surface area contributed by atoms with Gasteiger partial charge in [-0.3, -0.25) is 15.6 Å². The summed E-state index contributed by atoms with van der Waals surface area (Å²) < 4.78 is 10.8. The molecule has 0 spiro atoms. The van der Waals surface area contributed by atoms with Crippen LogP contribution in [0.25, 0.3) is 0 Å². The van der Waals surface area contributed by atoms with E-state index in [1.165, 1.54) is 6.33 Å². The third kappa shape index (κ3) is 5.03. The van der Waals surface area contributed by atoms with E-state index in [1.54, 1.807) is 12.1 Å². The topological polar surface area (TPSA) is 111 Å². The van der Waals surface area contributed by atoms with Crippen LogP contribution in [0.5, 0.6) is 11.6 Å². The Morgan fingerprint density at radius 3 is 2.70 bits per heavy atom. The lowest BCUT2D eigenvalue weighted by atomic mass is 10.3. The maximum absolute atomic E-state index is 11.7. The summed E-state index contributed by atoms with van der Waals surface area (Å²) in [4.78, 5) is 19.6. The van der Waals surface area contributed by atoms with Crippen molar-refractivity contribution in [2.24, 2.45) is 0 Å². The molecule has 0 saturated heterocycles. The van der Waals surface area contributed by atoms with Crippen LogP contribution < -0.4 is 26.1 Å². The smallest absolute Gasteiger partial charge is 0.276 e. The van der Waals surface area contributed by atoms with Crippen molar-refractivity contribution in [3.8, 4) is 11.6 Å². The SMILES string of the molecule is CC(C)Oc1ncnc(NNC(=O)COc2ccccc2)c1N. The molecule has 0 unspecified atom stereocenters. The van der Waals surface area contributed by atoms with Crippen molar-refractivity contribution in [1.82, 2.24) is 15.4 Å². The molecule has 23 heavy (non-hydrogen) atoms. The number of carbonyl (C=O) groups is 1. The first-order valence-electron chi connectivity index (χ1n) is 7.06. The van der Waals surface area contributed by atoms with E-state index in [2.05, 4.69) is 20.8 Å². The summed E-state index contributed by atoms with van der Waals surface area (Å²) in [5.74, 6) is 0.742. The van der Waals surface area contributed by atoms with Crippen LogP contribution in [0.3, 0.4) is 0 Å². The third-order valence-corrected chi connectivity index (χ3v) is 2.63. The van der Waals surface area contributed by atoms with Crippen molar-refractivity contribution in [2.45, 2.75) is 20.0 Å². The summed E-state index contributed by atoms with van der Waals surface area (Å²) in [5.41, 5.74) is 11.2. The molecule has 8 nitrogen and oxygen atoms in total. The number of nitrogen functional groups attached to an aromatic ring is 1. The van der Waals surface area contributed by atoms with Crippen LogP contribution in [0, 0.1) is 0 Å². The second-order valence-electron chi connectivity index (χ2n) is 4.88. The molecule has 0 atom stereocenters. The van der Waals surface area contributed by atoms with E-state index >= 15 is 0 Å². The second kappa shape index (κ2) is 7.83. The molecule has 2 rings (SSSR count). The van der Waals surface area contributed by atoms with Gasteiger partial charge in [0.05, 0.1) is 6.10 Å². The largest absolute Gasteiger partial charge is 0.484 e. The van der Waals surface area contributed by atoms with E-state index in [0.29, 0.717) is 5.75 Å². The number of nitrogens with two attached hydrogens (primary N) is 1. The summed E-state index contributed by atoms with van der Waals surface area (Å²) >= 11 is 0. The number of para-hydroxylation sites is 1. The number of anilines is 2. The zero-order chi connectivity index (χ0) is 16.7. The van der Waals surface area contributed by atoms with Gasteiger partial charge in [-0.15, -0.1) is 0 Å². The molecule has 0 radical (unpaired) electrons. The number of benzene rings is 1. The minimum absolute atomic E-state index is 0.0751. The van der Waals surface area contributed by atoms with Crippen molar-refractivity contribution in [2.75, 3.05) is 17.8 Å². The van der Waals surface area contributed by atoms with Gasteiger partial charge in [0.25, 0.3) is 5.91 Å². The maximum Gasteiger partial charge on any atom is 0.276 e. The van der Waals surface area contributed by atoms with Gasteiger partial charge in [0.1, 0.15) is 17.8 Å². The van der Waals surface area contributed by atoms with Crippen molar-refractivity contribution in [3.05, 3.63) is 36.7 Å². The van der Waals surface area contributed by atoms with Gasteiger partial charge in [0, 0.05) is 0 Å². The molecule has 0 aliphatic heterocycles. The standard InChI is InChI=1S/C15H19N5O3/c1-10(2)23-15-13(16)14(17-9-18-15)20-19-12(21)8-22-11-6-4-3-5-7-11/h3-7,9-10H,8,16H2,1-2H3,(H,19,21)(H,17,18,20). The van der Waals surface area contributed by atoms with Crippen molar-refractivity contribution in [3.63, 3.8) is 0 Å². The van der Waals surface area contributed by atoms with Gasteiger partial charge >= 0.3 is 0 Å². The van der Waals surface area contributed by atoms with Crippen LogP contribution in [0.4, 0.5) is 11.5 Å². The third-order valence-electron chi connectivity index (χ3n) is 2.63. The molecule has 0 saturated carbocycles. The van der Waals surface area contributed by atoms with E-state index in [4.69, 9.17) is 15.2 Å². The van der Waals surface area contributed by atoms with E-state index in [-0.39, 0.29) is 36.0 Å². The fourth-order valence-corrected chi connectivity index (χ4v) is 1.63. The van der Waals surface area contributed by atoms with Crippen LogP contribution in [-0.2, 0) is 4.79 Å². The fraction of sp³-hybridized carbons (Fsp3) is 0.267. The van der Waals surface area contributed by atoms with Crippen molar-refractivity contribution in [1.29, 1.82) is 0 Å². The van der Waals surface area contributed by atoms with E-state index in [0.717, 1.165) is 0 Å². The van der Waals surface area contributed by atoms with Gasteiger partial charge in [-0.1, -0.05) is 18.2 Å². The Labute approximate surface area is 134 Å². The summed E-state index contributed by atoms with van der Waals surface area (Å²) in [6.45, 7) is 3.58. The molecular weight excluding hydrogens is 298 g/mol. The number of nitrogens with zero attached hydrogens (tertiary/aromatic N) is 2. The highest BCUT2D eigenvalue weighted by molar-refractivity contribution is 5.80. The first kappa shape index (κ1) is 16.3. The lowest BCUT2D eigenvalue weighted by molar-refractivity contribution is -0.122. The van der Waals surface area contributed by atoms with Crippen LogP contribution in [0.15, 0.2) is 36.7 Å². The molecule has 4 N–H and O–H groups in total. The quantitative estimate of drug-likeness (QED) is 0.661. The molecule has 8 heteroatoms. The Morgan fingerprint density at radius 2 is 2.00 bits per heavy atom. The highest BCUT2D eigenvalue weighted by Crippen LogP contribution is 2.24. The predicted octanol–water partition coefficient (Wildman–Crippen LogP) is 1.37. The Morgan fingerprint density at radius 1 is 1.26 bits per heavy atom. The first-order chi connectivity index (χ1) is 11.1.